The summed E-state index contributed by atoms with van der Waals surface area (Å²) in [6, 6.07) is 9.95. The molecule has 16 heavy (non-hydrogen) atoms. The summed E-state index contributed by atoms with van der Waals surface area (Å²) in [5.41, 5.74) is 7.42. The first-order valence-electron chi connectivity index (χ1n) is 5.31. The molecule has 1 aromatic heterocycles. The number of nitrogens with zero attached hydrogens (tertiary/aromatic N) is 2. The molecule has 0 radical (unpaired) electrons. The second-order valence-electron chi connectivity index (χ2n) is 4.55. The number of nitrogens with two attached hydrogens (primary N) is 1. The molecule has 0 aliphatic rings. The molecule has 0 fully saturated rings. The van der Waals surface area contributed by atoms with Gasteiger partial charge in [0.1, 0.15) is 0 Å². The molecule has 3 heteroatoms. The molecule has 2 N–H and O–H groups in total. The fourth-order valence-corrected chi connectivity index (χ4v) is 1.89. The lowest BCUT2D eigenvalue weighted by atomic mass is 10.1. The smallest absolute Gasteiger partial charge is 0.0998 e. The van der Waals surface area contributed by atoms with Crippen LogP contribution in [0.4, 0.5) is 0 Å². The highest BCUT2D eigenvalue weighted by Gasteiger charge is 2.19. The summed E-state index contributed by atoms with van der Waals surface area (Å²) in [7, 11) is 0. The van der Waals surface area contributed by atoms with E-state index in [0.29, 0.717) is 12.1 Å². The van der Waals surface area contributed by atoms with Gasteiger partial charge in [-0.3, -0.25) is 0 Å². The monoisotopic (exact) mass is 213 g/mol. The number of benzene rings is 1. The third-order valence-corrected chi connectivity index (χ3v) is 3.01. The van der Waals surface area contributed by atoms with E-state index in [1.165, 1.54) is 0 Å². The molecule has 2 rings (SSSR count). The first-order valence-corrected chi connectivity index (χ1v) is 5.31. The highest BCUT2D eigenvalue weighted by Crippen LogP contribution is 2.25. The molecule has 1 aromatic carbocycles. The van der Waals surface area contributed by atoms with Gasteiger partial charge >= 0.3 is 0 Å². The number of nitriles is 1. The van der Waals surface area contributed by atoms with Crippen molar-refractivity contribution in [3.8, 4) is 6.07 Å². The lowest BCUT2D eigenvalue weighted by molar-refractivity contribution is 0.379. The van der Waals surface area contributed by atoms with Gasteiger partial charge in [0.05, 0.1) is 17.2 Å². The first-order chi connectivity index (χ1) is 7.60. The Bertz CT molecular complexity index is 558. The number of aromatic nitrogens is 1. The van der Waals surface area contributed by atoms with Crippen molar-refractivity contribution in [1.29, 1.82) is 5.26 Å². The van der Waals surface area contributed by atoms with Crippen LogP contribution in [0.3, 0.4) is 0 Å². The summed E-state index contributed by atoms with van der Waals surface area (Å²) in [4.78, 5) is 0. The topological polar surface area (TPSA) is 54.7 Å². The molecule has 0 bridgehead atoms. The zero-order valence-electron chi connectivity index (χ0n) is 9.57. The highest BCUT2D eigenvalue weighted by atomic mass is 15.1. The zero-order valence-corrected chi connectivity index (χ0v) is 9.57. The SMILES string of the molecule is CC(C)(CN)n1ccc2c(C#N)cccc21. The Hall–Kier alpha value is -1.79. The first kappa shape index (κ1) is 10.7. The van der Waals surface area contributed by atoms with Crippen LogP contribution in [0, 0.1) is 11.3 Å². The van der Waals surface area contributed by atoms with Crippen molar-refractivity contribution in [1.82, 2.24) is 4.57 Å². The molecule has 0 spiro atoms. The minimum Gasteiger partial charge on any atom is -0.341 e. The summed E-state index contributed by atoms with van der Waals surface area (Å²) in [6.45, 7) is 4.74. The standard InChI is InChI=1S/C13H15N3/c1-13(2,9-15)16-7-6-11-10(8-14)4-3-5-12(11)16/h3-7H,9,15H2,1-2H3. The molecule has 0 amide bonds. The van der Waals surface area contributed by atoms with Gasteiger partial charge in [0.15, 0.2) is 0 Å². The maximum Gasteiger partial charge on any atom is 0.0998 e. The fraction of sp³-hybridized carbons (Fsp3) is 0.308. The van der Waals surface area contributed by atoms with E-state index in [2.05, 4.69) is 24.5 Å². The van der Waals surface area contributed by atoms with E-state index in [0.717, 1.165) is 10.9 Å². The van der Waals surface area contributed by atoms with Crippen LogP contribution in [0.25, 0.3) is 10.9 Å². The van der Waals surface area contributed by atoms with Crippen molar-refractivity contribution in [2.75, 3.05) is 6.54 Å². The fourth-order valence-electron chi connectivity index (χ4n) is 1.89. The summed E-state index contributed by atoms with van der Waals surface area (Å²) >= 11 is 0. The summed E-state index contributed by atoms with van der Waals surface area (Å²) in [5, 5.41) is 10.0. The largest absolute Gasteiger partial charge is 0.341 e. The van der Waals surface area contributed by atoms with E-state index < -0.39 is 0 Å². The van der Waals surface area contributed by atoms with Crippen molar-refractivity contribution in [2.45, 2.75) is 19.4 Å². The van der Waals surface area contributed by atoms with Crippen LogP contribution < -0.4 is 5.73 Å². The number of rotatable bonds is 2. The Kier molecular flexibility index (Phi) is 2.45. The van der Waals surface area contributed by atoms with Gasteiger partial charge in [-0.25, -0.2) is 0 Å². The van der Waals surface area contributed by atoms with Gasteiger partial charge < -0.3 is 10.3 Å². The van der Waals surface area contributed by atoms with Gasteiger partial charge in [0, 0.05) is 23.6 Å². The molecule has 0 saturated carbocycles. The Balaban J connectivity index is 2.72. The van der Waals surface area contributed by atoms with Gasteiger partial charge in [-0.2, -0.15) is 5.26 Å². The van der Waals surface area contributed by atoms with Crippen LogP contribution in [-0.4, -0.2) is 11.1 Å². The average Bonchev–Trinajstić information content (AvgIpc) is 2.73. The molecular formula is C13H15N3. The summed E-state index contributed by atoms with van der Waals surface area (Å²) < 4.78 is 2.13. The molecule has 82 valence electrons. The van der Waals surface area contributed by atoms with E-state index >= 15 is 0 Å². The van der Waals surface area contributed by atoms with Crippen molar-refractivity contribution in [3.05, 3.63) is 36.0 Å². The van der Waals surface area contributed by atoms with Crippen molar-refractivity contribution >= 4 is 10.9 Å². The van der Waals surface area contributed by atoms with Crippen molar-refractivity contribution in [2.24, 2.45) is 5.73 Å². The zero-order chi connectivity index (χ0) is 11.8. The number of fused-ring (bicyclic) bond motifs is 1. The predicted octanol–water partition coefficient (Wildman–Crippen LogP) is 2.21. The maximum atomic E-state index is 9.02. The number of hydrogen-bond acceptors (Lipinski definition) is 2. The van der Waals surface area contributed by atoms with Crippen molar-refractivity contribution in [3.63, 3.8) is 0 Å². The summed E-state index contributed by atoms with van der Waals surface area (Å²) in [5.74, 6) is 0. The van der Waals surface area contributed by atoms with Crippen molar-refractivity contribution < 1.29 is 0 Å². The molecule has 2 aromatic rings. The second kappa shape index (κ2) is 3.66. The average molecular weight is 213 g/mol. The third kappa shape index (κ3) is 1.48. The van der Waals surface area contributed by atoms with E-state index in [-0.39, 0.29) is 5.54 Å². The maximum absolute atomic E-state index is 9.02. The van der Waals surface area contributed by atoms with Gasteiger partial charge in [-0.05, 0) is 32.0 Å². The molecule has 0 unspecified atom stereocenters. The minimum atomic E-state index is -0.129. The molecule has 1 heterocycles. The lowest BCUT2D eigenvalue weighted by Gasteiger charge is -2.26. The molecule has 0 atom stereocenters. The Labute approximate surface area is 95.1 Å². The molecule has 0 aliphatic carbocycles. The Morgan fingerprint density at radius 2 is 2.12 bits per heavy atom. The quantitative estimate of drug-likeness (QED) is 0.831. The van der Waals surface area contributed by atoms with Crippen LogP contribution >= 0.6 is 0 Å². The van der Waals surface area contributed by atoms with Gasteiger partial charge in [0.25, 0.3) is 0 Å². The van der Waals surface area contributed by atoms with E-state index in [4.69, 9.17) is 11.0 Å². The highest BCUT2D eigenvalue weighted by molar-refractivity contribution is 5.86. The number of hydrogen-bond donors (Lipinski definition) is 1. The van der Waals surface area contributed by atoms with Gasteiger partial charge in [-0.1, -0.05) is 6.07 Å². The Morgan fingerprint density at radius 3 is 2.75 bits per heavy atom. The minimum absolute atomic E-state index is 0.129. The van der Waals surface area contributed by atoms with Gasteiger partial charge in [-0.15, -0.1) is 0 Å². The van der Waals surface area contributed by atoms with Gasteiger partial charge in [0.2, 0.25) is 0 Å². The lowest BCUT2D eigenvalue weighted by Crippen LogP contribution is -2.34. The van der Waals surface area contributed by atoms with Crippen LogP contribution in [-0.2, 0) is 5.54 Å². The molecular weight excluding hydrogens is 198 g/mol. The van der Waals surface area contributed by atoms with Crippen LogP contribution in [0.5, 0.6) is 0 Å². The second-order valence-corrected chi connectivity index (χ2v) is 4.55. The van der Waals surface area contributed by atoms with E-state index in [1.54, 1.807) is 0 Å². The third-order valence-electron chi connectivity index (χ3n) is 3.01. The summed E-state index contributed by atoms with van der Waals surface area (Å²) in [6.07, 6.45) is 2.00. The molecule has 3 nitrogen and oxygen atoms in total. The molecule has 0 saturated heterocycles. The van der Waals surface area contributed by atoms with E-state index in [1.807, 2.05) is 30.5 Å². The predicted molar refractivity (Wildman–Crippen MR) is 65.0 cm³/mol. The van der Waals surface area contributed by atoms with Crippen LogP contribution in [0.1, 0.15) is 19.4 Å². The van der Waals surface area contributed by atoms with E-state index in [9.17, 15) is 0 Å². The van der Waals surface area contributed by atoms with Crippen LogP contribution in [0.2, 0.25) is 0 Å². The molecule has 0 aliphatic heterocycles. The van der Waals surface area contributed by atoms with Crippen LogP contribution in [0.15, 0.2) is 30.5 Å². The Morgan fingerprint density at radius 1 is 1.38 bits per heavy atom. The normalized spacial score (nSPS) is 11.6.